The van der Waals surface area contributed by atoms with Crippen LogP contribution in [0.5, 0.6) is 0 Å². The van der Waals surface area contributed by atoms with E-state index in [0.717, 1.165) is 0 Å². The maximum Gasteiger partial charge on any atom is 0.253 e. The van der Waals surface area contributed by atoms with E-state index in [1.807, 2.05) is 136 Å². The van der Waals surface area contributed by atoms with Crippen LogP contribution in [0, 0.1) is 21.4 Å². The summed E-state index contributed by atoms with van der Waals surface area (Å²) in [6.07, 6.45) is 0. The van der Waals surface area contributed by atoms with Crippen molar-refractivity contribution in [3.05, 3.63) is 43.7 Å². The van der Waals surface area contributed by atoms with Gasteiger partial charge in [0.2, 0.25) is 11.8 Å². The van der Waals surface area contributed by atoms with E-state index in [1.54, 1.807) is 0 Å². The van der Waals surface area contributed by atoms with E-state index >= 15 is 0 Å². The fraction of sp³-hybridized carbons (Fsp3) is 0.400. The van der Waals surface area contributed by atoms with Gasteiger partial charge in [0.25, 0.3) is 23.6 Å². The zero-order chi connectivity index (χ0) is 40.7. The van der Waals surface area contributed by atoms with Crippen molar-refractivity contribution >= 4 is 182 Å². The molecule has 0 heterocycles. The van der Waals surface area contributed by atoms with Crippen LogP contribution in [0.4, 0.5) is 11.4 Å². The largest absolute Gasteiger partial charge is 0.395 e. The summed E-state index contributed by atoms with van der Waals surface area (Å²) in [6, 6.07) is 0. The molecule has 0 aliphatic heterocycles. The molecule has 0 fully saturated rings. The van der Waals surface area contributed by atoms with Crippen LogP contribution in [0.15, 0.2) is 0 Å². The van der Waals surface area contributed by atoms with Crippen LogP contribution in [0.1, 0.15) is 41.4 Å². The first-order valence-electron chi connectivity index (χ1n) is 15.5. The molecule has 0 saturated heterocycles. The van der Waals surface area contributed by atoms with Crippen molar-refractivity contribution in [1.29, 1.82) is 0 Å². The number of carbonyl (C=O) groups is 6. The predicted octanol–water partition coefficient (Wildman–Crippen LogP) is 0.0741. The Morgan fingerprint density at radius 3 is 0.907 bits per heavy atom. The Kier molecular flexibility index (Phi) is 22.9. The van der Waals surface area contributed by atoms with E-state index < -0.39 is 55.1 Å². The molecule has 0 bridgehead atoms. The summed E-state index contributed by atoms with van der Waals surface area (Å²) in [5, 5.41) is 62.3. The molecule has 0 aromatic heterocycles. The van der Waals surface area contributed by atoms with E-state index in [9.17, 15) is 54.3 Å². The molecule has 298 valence electrons. The molecule has 54 heavy (non-hydrogen) atoms. The highest BCUT2D eigenvalue weighted by molar-refractivity contribution is 14.1. The van der Waals surface area contributed by atoms with E-state index in [-0.39, 0.29) is 114 Å². The quantitative estimate of drug-likeness (QED) is 0.0787. The fourth-order valence-electron chi connectivity index (χ4n) is 4.50. The van der Waals surface area contributed by atoms with Gasteiger partial charge in [0, 0.05) is 39.9 Å². The van der Waals surface area contributed by atoms with Gasteiger partial charge in [-0.3, -0.25) is 33.7 Å². The number of benzene rings is 2. The SMILES string of the molecule is O=C(CN(CCO)CC(=O)Nc1c(I)c(C(=O)NCCO)c(I)c(C(=O)NCCO)c1I)Nc1c(I)c(C(=O)NCCO)c(I)c(C(=O)NCCO)c1I. The van der Waals surface area contributed by atoms with E-state index in [1.165, 1.54) is 4.90 Å². The first-order chi connectivity index (χ1) is 25.6. The van der Waals surface area contributed by atoms with Crippen LogP contribution in [0.25, 0.3) is 0 Å². The molecule has 0 radical (unpaired) electrons. The zero-order valence-electron chi connectivity index (χ0n) is 27.9. The number of nitrogens with zero attached hydrogens (tertiary/aromatic N) is 1. The van der Waals surface area contributed by atoms with Crippen LogP contribution >= 0.6 is 136 Å². The van der Waals surface area contributed by atoms with Gasteiger partial charge in [0.15, 0.2) is 0 Å². The highest BCUT2D eigenvalue weighted by Gasteiger charge is 2.31. The molecule has 0 saturated carbocycles. The van der Waals surface area contributed by atoms with Gasteiger partial charge in [0.1, 0.15) is 0 Å². The minimum atomic E-state index is -0.666. The second kappa shape index (κ2) is 25.0. The van der Waals surface area contributed by atoms with Crippen molar-refractivity contribution < 1.29 is 54.3 Å². The number of amides is 6. The molecule has 0 atom stereocenters. The standard InChI is InChI=1S/C30H35I6N7O11/c31-19-15(27(51)37-1-6-44)21(33)25(22(34)16(19)28(52)38-2-7-45)41-13(49)11-43(5-10-48)12-14(50)42-26-23(35)17(29(53)39-3-8-46)20(32)18(24(26)36)30(54)40-4-9-47/h44-48H,1-12H2,(H,37,51)(H,38,52)(H,39,53)(H,40,54)(H,41,49)(H,42,50). The molecule has 18 nitrogen and oxygen atoms in total. The molecule has 2 aromatic carbocycles. The van der Waals surface area contributed by atoms with Gasteiger partial charge >= 0.3 is 0 Å². The maximum absolute atomic E-state index is 13.5. The lowest BCUT2D eigenvalue weighted by atomic mass is 10.1. The first-order valence-corrected chi connectivity index (χ1v) is 22.0. The van der Waals surface area contributed by atoms with Gasteiger partial charge in [-0.1, -0.05) is 0 Å². The lowest BCUT2D eigenvalue weighted by Gasteiger charge is -2.23. The summed E-state index contributed by atoms with van der Waals surface area (Å²) < 4.78 is 1.69. The molecule has 0 aliphatic rings. The van der Waals surface area contributed by atoms with Gasteiger partial charge in [-0.25, -0.2) is 0 Å². The number of carbonyl (C=O) groups excluding carboxylic acids is 6. The molecule has 0 unspecified atom stereocenters. The average molecular weight is 1430 g/mol. The van der Waals surface area contributed by atoms with Gasteiger partial charge in [-0.05, 0) is 136 Å². The van der Waals surface area contributed by atoms with Crippen LogP contribution < -0.4 is 31.9 Å². The number of aliphatic hydroxyl groups is 5. The fourth-order valence-corrected chi connectivity index (χ4v) is 13.3. The van der Waals surface area contributed by atoms with Crippen molar-refractivity contribution in [2.75, 3.05) is 89.5 Å². The monoisotopic (exact) mass is 1430 g/mol. The Hall–Kier alpha value is -0.600. The third kappa shape index (κ3) is 13.5. The number of halogens is 6. The molecule has 2 aromatic rings. The third-order valence-corrected chi connectivity index (χ3v) is 13.3. The average Bonchev–Trinajstić information content (AvgIpc) is 3.11. The molecule has 2 rings (SSSR count). The summed E-state index contributed by atoms with van der Waals surface area (Å²) in [7, 11) is 0. The van der Waals surface area contributed by atoms with Crippen molar-refractivity contribution in [3.63, 3.8) is 0 Å². The van der Waals surface area contributed by atoms with E-state index in [2.05, 4.69) is 31.9 Å². The third-order valence-electron chi connectivity index (χ3n) is 6.81. The molecule has 11 N–H and O–H groups in total. The maximum atomic E-state index is 13.5. The summed E-state index contributed by atoms with van der Waals surface area (Å²) in [5.74, 6) is -3.77. The summed E-state index contributed by atoms with van der Waals surface area (Å²) >= 11 is 11.1. The molecular weight excluding hydrogens is 1400 g/mol. The van der Waals surface area contributed by atoms with Crippen molar-refractivity contribution in [2.45, 2.75) is 0 Å². The minimum absolute atomic E-state index is 0.0663. The normalized spacial score (nSPS) is 10.9. The second-order valence-electron chi connectivity index (χ2n) is 10.6. The Morgan fingerprint density at radius 1 is 0.426 bits per heavy atom. The Morgan fingerprint density at radius 2 is 0.685 bits per heavy atom. The Balaban J connectivity index is 2.49. The van der Waals surface area contributed by atoms with Crippen LogP contribution in [-0.4, -0.2) is 145 Å². The number of aliphatic hydroxyl groups excluding tert-OH is 5. The Bertz CT molecular complexity index is 1540. The number of anilines is 2. The smallest absolute Gasteiger partial charge is 0.253 e. The van der Waals surface area contributed by atoms with Crippen LogP contribution in [0.2, 0.25) is 0 Å². The lowest BCUT2D eigenvalue weighted by Crippen LogP contribution is -2.41. The molecule has 6 amide bonds. The molecular formula is C30H35I6N7O11. The van der Waals surface area contributed by atoms with Crippen molar-refractivity contribution in [3.8, 4) is 0 Å². The van der Waals surface area contributed by atoms with Crippen molar-refractivity contribution in [2.24, 2.45) is 0 Å². The van der Waals surface area contributed by atoms with Gasteiger partial charge in [-0.2, -0.15) is 0 Å². The summed E-state index contributed by atoms with van der Waals surface area (Å²) in [5.41, 5.74) is 0.516. The number of hydrogen-bond donors (Lipinski definition) is 11. The van der Waals surface area contributed by atoms with Gasteiger partial charge in [0.05, 0.1) is 94.0 Å². The highest BCUT2D eigenvalue weighted by Crippen LogP contribution is 2.37. The molecule has 0 aliphatic carbocycles. The second-order valence-corrected chi connectivity index (χ2v) is 17.1. The van der Waals surface area contributed by atoms with Gasteiger partial charge < -0.3 is 57.4 Å². The van der Waals surface area contributed by atoms with Crippen LogP contribution in [0.3, 0.4) is 0 Å². The van der Waals surface area contributed by atoms with E-state index in [4.69, 9.17) is 0 Å². The first kappa shape index (κ1) is 49.5. The highest BCUT2D eigenvalue weighted by atomic mass is 127. The van der Waals surface area contributed by atoms with E-state index in [0.29, 0.717) is 0 Å². The lowest BCUT2D eigenvalue weighted by molar-refractivity contribution is -0.120. The predicted molar refractivity (Wildman–Crippen MR) is 248 cm³/mol. The summed E-state index contributed by atoms with van der Waals surface area (Å²) in [4.78, 5) is 80.9. The van der Waals surface area contributed by atoms with Gasteiger partial charge in [-0.15, -0.1) is 0 Å². The van der Waals surface area contributed by atoms with Crippen LogP contribution in [-0.2, 0) is 9.59 Å². The topological polar surface area (TPSA) is 279 Å². The van der Waals surface area contributed by atoms with Crippen molar-refractivity contribution in [1.82, 2.24) is 26.2 Å². The number of nitrogens with one attached hydrogen (secondary N) is 6. The number of rotatable bonds is 20. The molecule has 0 spiro atoms. The zero-order valence-corrected chi connectivity index (χ0v) is 40.8. The Labute approximate surface area is 391 Å². The number of hydrogen-bond acceptors (Lipinski definition) is 12. The minimum Gasteiger partial charge on any atom is -0.395 e. The summed E-state index contributed by atoms with van der Waals surface area (Å²) in [6.45, 7) is -3.07. The molecule has 24 heteroatoms.